The Balaban J connectivity index is 1.60. The second kappa shape index (κ2) is 7.07. The summed E-state index contributed by atoms with van der Waals surface area (Å²) in [4.78, 5) is 12.2. The van der Waals surface area contributed by atoms with Gasteiger partial charge in [0, 0.05) is 22.8 Å². The molecule has 1 unspecified atom stereocenters. The third-order valence-electron chi connectivity index (χ3n) is 3.64. The quantitative estimate of drug-likeness (QED) is 0.904. The van der Waals surface area contributed by atoms with E-state index in [1.807, 2.05) is 23.0 Å². The van der Waals surface area contributed by atoms with E-state index in [0.717, 1.165) is 30.5 Å². The maximum Gasteiger partial charge on any atom is 0.255 e. The molecule has 1 atom stereocenters. The van der Waals surface area contributed by atoms with Crippen LogP contribution in [-0.2, 0) is 11.3 Å². The predicted octanol–water partition coefficient (Wildman–Crippen LogP) is 3.47. The molecular formula is C16H18BrN3O2. The van der Waals surface area contributed by atoms with Gasteiger partial charge in [-0.05, 0) is 37.5 Å². The Morgan fingerprint density at radius 2 is 2.36 bits per heavy atom. The molecule has 22 heavy (non-hydrogen) atoms. The van der Waals surface area contributed by atoms with Crippen molar-refractivity contribution >= 4 is 27.5 Å². The molecule has 2 aromatic rings. The van der Waals surface area contributed by atoms with Crippen molar-refractivity contribution in [3.8, 4) is 0 Å². The van der Waals surface area contributed by atoms with Gasteiger partial charge in [-0.25, -0.2) is 0 Å². The third-order valence-corrected chi connectivity index (χ3v) is 4.14. The lowest BCUT2D eigenvalue weighted by Crippen LogP contribution is -2.24. The Kier molecular flexibility index (Phi) is 4.90. The third kappa shape index (κ3) is 3.96. The SMILES string of the molecule is O=C(Nc1cnn(CC2CCCCO2)c1)c1cccc(Br)c1. The first-order chi connectivity index (χ1) is 10.7. The zero-order valence-electron chi connectivity index (χ0n) is 12.2. The number of carbonyl (C=O) groups is 1. The minimum Gasteiger partial charge on any atom is -0.376 e. The van der Waals surface area contributed by atoms with Crippen LogP contribution in [0.5, 0.6) is 0 Å². The molecule has 1 fully saturated rings. The number of benzene rings is 1. The smallest absolute Gasteiger partial charge is 0.255 e. The van der Waals surface area contributed by atoms with E-state index in [1.54, 1.807) is 18.3 Å². The van der Waals surface area contributed by atoms with Gasteiger partial charge in [-0.1, -0.05) is 22.0 Å². The van der Waals surface area contributed by atoms with E-state index in [4.69, 9.17) is 4.74 Å². The van der Waals surface area contributed by atoms with Gasteiger partial charge in [0.1, 0.15) is 0 Å². The molecule has 1 aromatic heterocycles. The number of hydrogen-bond donors (Lipinski definition) is 1. The molecule has 0 bridgehead atoms. The summed E-state index contributed by atoms with van der Waals surface area (Å²) in [6.07, 6.45) is 7.15. The summed E-state index contributed by atoms with van der Waals surface area (Å²) in [7, 11) is 0. The molecule has 1 aliphatic rings. The summed E-state index contributed by atoms with van der Waals surface area (Å²) in [5, 5.41) is 7.15. The van der Waals surface area contributed by atoms with E-state index in [-0.39, 0.29) is 12.0 Å². The largest absolute Gasteiger partial charge is 0.376 e. The highest BCUT2D eigenvalue weighted by atomic mass is 79.9. The number of nitrogens with one attached hydrogen (secondary N) is 1. The van der Waals surface area contributed by atoms with Crippen molar-refractivity contribution < 1.29 is 9.53 Å². The standard InChI is InChI=1S/C16H18BrN3O2/c17-13-5-3-4-12(8-13)16(21)19-14-9-18-20(10-14)11-15-6-1-2-7-22-15/h3-5,8-10,15H,1-2,6-7,11H2,(H,19,21). The first-order valence-corrected chi connectivity index (χ1v) is 8.21. The summed E-state index contributed by atoms with van der Waals surface area (Å²) in [5.74, 6) is -0.144. The summed E-state index contributed by atoms with van der Waals surface area (Å²) < 4.78 is 8.41. The second-order valence-corrected chi connectivity index (χ2v) is 6.32. The molecule has 3 rings (SSSR count). The number of amides is 1. The van der Waals surface area contributed by atoms with Crippen LogP contribution in [0.3, 0.4) is 0 Å². The fourth-order valence-electron chi connectivity index (χ4n) is 2.52. The van der Waals surface area contributed by atoms with Crippen LogP contribution in [0.4, 0.5) is 5.69 Å². The van der Waals surface area contributed by atoms with Crippen molar-refractivity contribution in [3.05, 3.63) is 46.7 Å². The number of hydrogen-bond acceptors (Lipinski definition) is 3. The highest BCUT2D eigenvalue weighted by Crippen LogP contribution is 2.16. The number of aromatic nitrogens is 2. The molecule has 2 heterocycles. The summed E-state index contributed by atoms with van der Waals surface area (Å²) in [5.41, 5.74) is 1.30. The number of anilines is 1. The van der Waals surface area contributed by atoms with E-state index in [1.165, 1.54) is 6.42 Å². The Labute approximate surface area is 137 Å². The van der Waals surface area contributed by atoms with Crippen LogP contribution < -0.4 is 5.32 Å². The van der Waals surface area contributed by atoms with Crippen LogP contribution in [-0.4, -0.2) is 28.4 Å². The maximum absolute atomic E-state index is 12.2. The van der Waals surface area contributed by atoms with Crippen LogP contribution in [0.15, 0.2) is 41.1 Å². The molecule has 0 radical (unpaired) electrons. The van der Waals surface area contributed by atoms with Gasteiger partial charge >= 0.3 is 0 Å². The number of halogens is 1. The van der Waals surface area contributed by atoms with Gasteiger partial charge in [0.2, 0.25) is 0 Å². The molecule has 1 aliphatic heterocycles. The molecule has 5 nitrogen and oxygen atoms in total. The predicted molar refractivity (Wildman–Crippen MR) is 87.9 cm³/mol. The van der Waals surface area contributed by atoms with Crippen molar-refractivity contribution in [2.75, 3.05) is 11.9 Å². The average molecular weight is 364 g/mol. The molecule has 116 valence electrons. The highest BCUT2D eigenvalue weighted by Gasteiger charge is 2.15. The second-order valence-electron chi connectivity index (χ2n) is 5.40. The minimum absolute atomic E-state index is 0.144. The fourth-order valence-corrected chi connectivity index (χ4v) is 2.92. The Morgan fingerprint density at radius 1 is 1.45 bits per heavy atom. The van der Waals surface area contributed by atoms with Crippen molar-refractivity contribution in [2.45, 2.75) is 31.9 Å². The molecule has 0 spiro atoms. The van der Waals surface area contributed by atoms with Crippen LogP contribution in [0.2, 0.25) is 0 Å². The topological polar surface area (TPSA) is 56.2 Å². The lowest BCUT2D eigenvalue weighted by atomic mass is 10.1. The first-order valence-electron chi connectivity index (χ1n) is 7.42. The molecule has 1 amide bonds. The van der Waals surface area contributed by atoms with Crippen molar-refractivity contribution in [1.29, 1.82) is 0 Å². The van der Waals surface area contributed by atoms with Gasteiger partial charge < -0.3 is 10.1 Å². The minimum atomic E-state index is -0.144. The van der Waals surface area contributed by atoms with Gasteiger partial charge in [0.15, 0.2) is 0 Å². The van der Waals surface area contributed by atoms with Crippen molar-refractivity contribution in [3.63, 3.8) is 0 Å². The van der Waals surface area contributed by atoms with E-state index in [2.05, 4.69) is 26.3 Å². The number of nitrogens with zero attached hydrogens (tertiary/aromatic N) is 2. The Morgan fingerprint density at radius 3 is 3.14 bits per heavy atom. The number of carbonyl (C=O) groups excluding carboxylic acids is 1. The molecule has 0 aliphatic carbocycles. The van der Waals surface area contributed by atoms with Crippen LogP contribution in [0, 0.1) is 0 Å². The monoisotopic (exact) mass is 363 g/mol. The molecule has 1 saturated heterocycles. The summed E-state index contributed by atoms with van der Waals surface area (Å²) >= 11 is 3.36. The number of rotatable bonds is 4. The van der Waals surface area contributed by atoms with Crippen LogP contribution in [0.1, 0.15) is 29.6 Å². The van der Waals surface area contributed by atoms with Crippen molar-refractivity contribution in [2.24, 2.45) is 0 Å². The normalized spacial score (nSPS) is 18.1. The van der Waals surface area contributed by atoms with Crippen molar-refractivity contribution in [1.82, 2.24) is 9.78 Å². The first kappa shape index (κ1) is 15.2. The zero-order chi connectivity index (χ0) is 15.4. The Bertz CT molecular complexity index is 650. The van der Waals surface area contributed by atoms with Crippen LogP contribution in [0.25, 0.3) is 0 Å². The van der Waals surface area contributed by atoms with E-state index in [0.29, 0.717) is 11.3 Å². The van der Waals surface area contributed by atoms with Gasteiger partial charge in [-0.15, -0.1) is 0 Å². The average Bonchev–Trinajstić information content (AvgIpc) is 2.95. The van der Waals surface area contributed by atoms with Gasteiger partial charge in [-0.3, -0.25) is 9.48 Å². The van der Waals surface area contributed by atoms with E-state index >= 15 is 0 Å². The molecular weight excluding hydrogens is 346 g/mol. The van der Waals surface area contributed by atoms with E-state index in [9.17, 15) is 4.79 Å². The molecule has 1 aromatic carbocycles. The molecule has 6 heteroatoms. The van der Waals surface area contributed by atoms with Gasteiger partial charge in [0.05, 0.1) is 24.5 Å². The summed E-state index contributed by atoms with van der Waals surface area (Å²) in [6.45, 7) is 1.56. The van der Waals surface area contributed by atoms with E-state index < -0.39 is 0 Å². The summed E-state index contributed by atoms with van der Waals surface area (Å²) in [6, 6.07) is 7.29. The molecule has 1 N–H and O–H groups in total. The lowest BCUT2D eigenvalue weighted by Gasteiger charge is -2.22. The maximum atomic E-state index is 12.2. The van der Waals surface area contributed by atoms with Gasteiger partial charge in [0.25, 0.3) is 5.91 Å². The Hall–Kier alpha value is -1.66. The van der Waals surface area contributed by atoms with Crippen LogP contribution >= 0.6 is 15.9 Å². The lowest BCUT2D eigenvalue weighted by molar-refractivity contribution is 0.00401. The molecule has 0 saturated carbocycles. The highest BCUT2D eigenvalue weighted by molar-refractivity contribution is 9.10. The number of ether oxygens (including phenoxy) is 1. The zero-order valence-corrected chi connectivity index (χ0v) is 13.8. The fraction of sp³-hybridized carbons (Fsp3) is 0.375. The van der Waals surface area contributed by atoms with Gasteiger partial charge in [-0.2, -0.15) is 5.10 Å².